The van der Waals surface area contributed by atoms with E-state index >= 15 is 0 Å². The molecule has 1 aliphatic heterocycles. The van der Waals surface area contributed by atoms with Crippen molar-refractivity contribution in [3.05, 3.63) is 41.5 Å². The van der Waals surface area contributed by atoms with Gasteiger partial charge in [-0.1, -0.05) is 31.9 Å². The molecule has 3 N–H and O–H groups in total. The highest BCUT2D eigenvalue weighted by molar-refractivity contribution is 6.26. The molecule has 0 aromatic heterocycles. The van der Waals surface area contributed by atoms with Gasteiger partial charge in [-0.05, 0) is 44.0 Å². The fourth-order valence-electron chi connectivity index (χ4n) is 3.57. The highest BCUT2D eigenvalue weighted by Gasteiger charge is 2.32. The zero-order valence-electron chi connectivity index (χ0n) is 15.4. The van der Waals surface area contributed by atoms with Gasteiger partial charge in [-0.2, -0.15) is 0 Å². The summed E-state index contributed by atoms with van der Waals surface area (Å²) in [6.07, 6.45) is 5.20. The van der Waals surface area contributed by atoms with E-state index < -0.39 is 0 Å². The van der Waals surface area contributed by atoms with Gasteiger partial charge in [-0.25, -0.2) is 0 Å². The number of imide groups is 1. The first-order valence-electron chi connectivity index (χ1n) is 9.55. The van der Waals surface area contributed by atoms with Crippen LogP contribution in [0.5, 0.6) is 0 Å². The van der Waals surface area contributed by atoms with Crippen LogP contribution in [-0.4, -0.2) is 36.3 Å². The van der Waals surface area contributed by atoms with Crippen molar-refractivity contribution in [1.82, 2.24) is 4.90 Å². The smallest absolute Gasteiger partial charge is 0.261 e. The zero-order valence-corrected chi connectivity index (χ0v) is 15.4. The van der Waals surface area contributed by atoms with E-state index in [1.165, 1.54) is 4.90 Å². The molecule has 0 atom stereocenters. The van der Waals surface area contributed by atoms with E-state index in [1.54, 1.807) is 0 Å². The maximum atomic E-state index is 12.8. The molecule has 0 aliphatic carbocycles. The van der Waals surface area contributed by atoms with E-state index in [9.17, 15) is 9.59 Å². The summed E-state index contributed by atoms with van der Waals surface area (Å²) in [7, 11) is 0. The van der Waals surface area contributed by atoms with Gasteiger partial charge < -0.3 is 11.1 Å². The zero-order chi connectivity index (χ0) is 18.5. The summed E-state index contributed by atoms with van der Waals surface area (Å²) in [5, 5.41) is 5.19. The number of carbonyl (C=O) groups excluding carboxylic acids is 2. The molecule has 0 radical (unpaired) electrons. The monoisotopic (exact) mass is 353 g/mol. The largest absolute Gasteiger partial charge is 0.385 e. The van der Waals surface area contributed by atoms with Crippen LogP contribution < -0.4 is 11.1 Å². The summed E-state index contributed by atoms with van der Waals surface area (Å²) in [5.41, 5.74) is 7.75. The minimum absolute atomic E-state index is 0.186. The minimum Gasteiger partial charge on any atom is -0.385 e. The van der Waals surface area contributed by atoms with Crippen LogP contribution in [-0.2, 0) is 0 Å². The van der Waals surface area contributed by atoms with Gasteiger partial charge in [0.15, 0.2) is 0 Å². The van der Waals surface area contributed by atoms with Crippen LogP contribution in [0.25, 0.3) is 10.8 Å². The summed E-state index contributed by atoms with van der Waals surface area (Å²) < 4.78 is 0. The Bertz CT molecular complexity index is 794. The number of hydrogen-bond acceptors (Lipinski definition) is 4. The van der Waals surface area contributed by atoms with E-state index in [4.69, 9.17) is 5.73 Å². The molecule has 1 heterocycles. The highest BCUT2D eigenvalue weighted by atomic mass is 16.2. The Balaban J connectivity index is 1.86. The van der Waals surface area contributed by atoms with Gasteiger partial charge >= 0.3 is 0 Å². The second-order valence-corrected chi connectivity index (χ2v) is 6.78. The SMILES string of the molecule is CCCN1C(=O)c2cccc3c(NCCCCCCN)ccc(c23)C1=O. The van der Waals surface area contributed by atoms with Crippen molar-refractivity contribution in [2.45, 2.75) is 39.0 Å². The predicted molar refractivity (Wildman–Crippen MR) is 106 cm³/mol. The van der Waals surface area contributed by atoms with Crippen molar-refractivity contribution in [3.63, 3.8) is 0 Å². The fourth-order valence-corrected chi connectivity index (χ4v) is 3.57. The van der Waals surface area contributed by atoms with Crippen molar-refractivity contribution in [3.8, 4) is 0 Å². The fraction of sp³-hybridized carbons (Fsp3) is 0.429. The van der Waals surface area contributed by atoms with Crippen LogP contribution in [0, 0.1) is 0 Å². The number of amides is 2. The maximum Gasteiger partial charge on any atom is 0.261 e. The Kier molecular flexibility index (Phi) is 5.89. The second kappa shape index (κ2) is 8.32. The standard InChI is InChI=1S/C21H27N3O2/c1-2-14-24-20(25)16-9-7-8-15-18(23-13-6-4-3-5-12-22)11-10-17(19(15)16)21(24)26/h7-11,23H,2-6,12-14,22H2,1H3. The van der Waals surface area contributed by atoms with E-state index in [0.29, 0.717) is 17.7 Å². The lowest BCUT2D eigenvalue weighted by Crippen LogP contribution is -2.40. The number of nitrogens with two attached hydrogens (primary N) is 1. The number of nitrogens with one attached hydrogen (secondary N) is 1. The second-order valence-electron chi connectivity index (χ2n) is 6.78. The lowest BCUT2D eigenvalue weighted by molar-refractivity contribution is 0.0610. The summed E-state index contributed by atoms with van der Waals surface area (Å²) in [5.74, 6) is -0.372. The first-order chi connectivity index (χ1) is 12.7. The van der Waals surface area contributed by atoms with E-state index in [0.717, 1.165) is 61.7 Å². The maximum absolute atomic E-state index is 12.8. The van der Waals surface area contributed by atoms with E-state index in [1.807, 2.05) is 37.3 Å². The van der Waals surface area contributed by atoms with Gasteiger partial charge in [0, 0.05) is 40.7 Å². The van der Waals surface area contributed by atoms with Crippen LogP contribution in [0.3, 0.4) is 0 Å². The molecule has 0 bridgehead atoms. The third kappa shape index (κ3) is 3.44. The molecule has 3 rings (SSSR count). The molecule has 2 aromatic rings. The third-order valence-corrected chi connectivity index (χ3v) is 4.89. The number of carbonyl (C=O) groups is 2. The Labute approximate surface area is 154 Å². The van der Waals surface area contributed by atoms with Crippen LogP contribution >= 0.6 is 0 Å². The molecule has 0 unspecified atom stereocenters. The van der Waals surface area contributed by atoms with Gasteiger partial charge in [-0.15, -0.1) is 0 Å². The Morgan fingerprint density at radius 3 is 2.42 bits per heavy atom. The van der Waals surface area contributed by atoms with Crippen LogP contribution in [0.4, 0.5) is 5.69 Å². The topological polar surface area (TPSA) is 75.4 Å². The highest BCUT2D eigenvalue weighted by Crippen LogP contribution is 2.34. The van der Waals surface area contributed by atoms with E-state index in [2.05, 4.69) is 5.32 Å². The number of benzene rings is 2. The summed E-state index contributed by atoms with van der Waals surface area (Å²) in [4.78, 5) is 26.9. The van der Waals surface area contributed by atoms with Crippen molar-refractivity contribution < 1.29 is 9.59 Å². The molecule has 2 aromatic carbocycles. The van der Waals surface area contributed by atoms with Gasteiger partial charge in [0.05, 0.1) is 0 Å². The van der Waals surface area contributed by atoms with Crippen LogP contribution in [0.15, 0.2) is 30.3 Å². The van der Waals surface area contributed by atoms with Gasteiger partial charge in [0.25, 0.3) is 11.8 Å². The molecule has 0 spiro atoms. The quantitative estimate of drug-likeness (QED) is 0.531. The first kappa shape index (κ1) is 18.4. The number of hydrogen-bond donors (Lipinski definition) is 2. The Morgan fingerprint density at radius 1 is 0.962 bits per heavy atom. The lowest BCUT2D eigenvalue weighted by Gasteiger charge is -2.27. The average molecular weight is 353 g/mol. The summed E-state index contributed by atoms with van der Waals surface area (Å²) in [6, 6.07) is 9.50. The molecule has 5 nitrogen and oxygen atoms in total. The molecule has 0 saturated carbocycles. The predicted octanol–water partition coefficient (Wildman–Crippen LogP) is 3.78. The van der Waals surface area contributed by atoms with Gasteiger partial charge in [0.2, 0.25) is 0 Å². The normalized spacial score (nSPS) is 13.5. The number of nitrogens with zero attached hydrogens (tertiary/aromatic N) is 1. The van der Waals surface area contributed by atoms with Gasteiger partial charge in [0.1, 0.15) is 0 Å². The van der Waals surface area contributed by atoms with Crippen molar-refractivity contribution in [1.29, 1.82) is 0 Å². The van der Waals surface area contributed by atoms with Crippen molar-refractivity contribution in [2.75, 3.05) is 25.0 Å². The van der Waals surface area contributed by atoms with Crippen molar-refractivity contribution in [2.24, 2.45) is 5.73 Å². The first-order valence-corrected chi connectivity index (χ1v) is 9.55. The molecular formula is C21H27N3O2. The van der Waals surface area contributed by atoms with Crippen LogP contribution in [0.2, 0.25) is 0 Å². The van der Waals surface area contributed by atoms with Crippen LogP contribution in [0.1, 0.15) is 59.7 Å². The summed E-state index contributed by atoms with van der Waals surface area (Å²) in [6.45, 7) is 4.04. The molecule has 0 fully saturated rings. The lowest BCUT2D eigenvalue weighted by atomic mass is 9.93. The summed E-state index contributed by atoms with van der Waals surface area (Å²) >= 11 is 0. The average Bonchev–Trinajstić information content (AvgIpc) is 2.66. The molecule has 2 amide bonds. The Morgan fingerprint density at radius 2 is 1.69 bits per heavy atom. The minimum atomic E-state index is -0.186. The van der Waals surface area contributed by atoms with Crippen molar-refractivity contribution >= 4 is 28.3 Å². The number of unbranched alkanes of at least 4 members (excludes halogenated alkanes) is 3. The molecule has 1 aliphatic rings. The molecule has 26 heavy (non-hydrogen) atoms. The van der Waals surface area contributed by atoms with Gasteiger partial charge in [-0.3, -0.25) is 14.5 Å². The molecule has 0 saturated heterocycles. The Hall–Kier alpha value is -2.40. The third-order valence-electron chi connectivity index (χ3n) is 4.89. The molecule has 138 valence electrons. The number of anilines is 1. The number of rotatable bonds is 9. The van der Waals surface area contributed by atoms with E-state index in [-0.39, 0.29) is 11.8 Å². The molecular weight excluding hydrogens is 326 g/mol. The molecule has 5 heteroatoms.